The van der Waals surface area contributed by atoms with Gasteiger partial charge in [-0.2, -0.15) is 0 Å². The van der Waals surface area contributed by atoms with Crippen molar-refractivity contribution in [1.29, 1.82) is 0 Å². The molecule has 0 aliphatic heterocycles. The molecule has 1 unspecified atom stereocenters. The topological polar surface area (TPSA) is 61.4 Å². The molecule has 27 heavy (non-hydrogen) atoms. The van der Waals surface area contributed by atoms with Crippen molar-refractivity contribution in [2.45, 2.75) is 46.8 Å². The SMILES string of the molecule is C=C(C)C(O)Nc1ccc(-c2ccc(NC(=O)C(C)(CC)CC)cc2)cc1. The van der Waals surface area contributed by atoms with Gasteiger partial charge in [0.05, 0.1) is 0 Å². The summed E-state index contributed by atoms with van der Waals surface area (Å²) < 4.78 is 0. The minimum absolute atomic E-state index is 0.0618. The average molecular weight is 367 g/mol. The van der Waals surface area contributed by atoms with Gasteiger partial charge in [-0.05, 0) is 60.7 Å². The molecule has 0 saturated heterocycles. The lowest BCUT2D eigenvalue weighted by atomic mass is 9.84. The highest BCUT2D eigenvalue weighted by atomic mass is 16.3. The van der Waals surface area contributed by atoms with Crippen LogP contribution in [0.1, 0.15) is 40.5 Å². The number of rotatable bonds is 8. The Morgan fingerprint density at radius 1 is 1.00 bits per heavy atom. The van der Waals surface area contributed by atoms with Crippen molar-refractivity contribution in [2.75, 3.05) is 10.6 Å². The highest BCUT2D eigenvalue weighted by Gasteiger charge is 2.28. The van der Waals surface area contributed by atoms with Crippen LogP contribution in [0.3, 0.4) is 0 Å². The largest absolute Gasteiger partial charge is 0.370 e. The average Bonchev–Trinajstić information content (AvgIpc) is 2.68. The summed E-state index contributed by atoms with van der Waals surface area (Å²) in [5, 5.41) is 15.8. The van der Waals surface area contributed by atoms with Crippen molar-refractivity contribution in [1.82, 2.24) is 0 Å². The van der Waals surface area contributed by atoms with Gasteiger partial charge in [-0.1, -0.05) is 51.6 Å². The number of hydrogen-bond acceptors (Lipinski definition) is 3. The van der Waals surface area contributed by atoms with E-state index in [0.29, 0.717) is 5.57 Å². The minimum Gasteiger partial charge on any atom is -0.370 e. The molecule has 0 saturated carbocycles. The number of hydrogen-bond donors (Lipinski definition) is 3. The van der Waals surface area contributed by atoms with E-state index >= 15 is 0 Å². The van der Waals surface area contributed by atoms with Gasteiger partial charge in [0.15, 0.2) is 0 Å². The first-order valence-electron chi connectivity index (χ1n) is 9.41. The molecule has 0 spiro atoms. The Hall–Kier alpha value is -2.59. The van der Waals surface area contributed by atoms with E-state index in [1.54, 1.807) is 6.92 Å². The number of carbonyl (C=O) groups excluding carboxylic acids is 1. The molecule has 2 aromatic rings. The second kappa shape index (κ2) is 8.87. The molecule has 144 valence electrons. The Bertz CT molecular complexity index is 775. The number of aliphatic hydroxyl groups is 1. The molecule has 1 amide bonds. The van der Waals surface area contributed by atoms with Gasteiger partial charge in [-0.15, -0.1) is 0 Å². The quantitative estimate of drug-likeness (QED) is 0.431. The molecule has 4 heteroatoms. The van der Waals surface area contributed by atoms with Gasteiger partial charge in [0.2, 0.25) is 5.91 Å². The monoisotopic (exact) mass is 366 g/mol. The normalized spacial score (nSPS) is 12.3. The Balaban J connectivity index is 2.07. The lowest BCUT2D eigenvalue weighted by Crippen LogP contribution is -2.32. The Labute approximate surface area is 162 Å². The fraction of sp³-hybridized carbons (Fsp3) is 0.348. The highest BCUT2D eigenvalue weighted by Crippen LogP contribution is 2.28. The van der Waals surface area contributed by atoms with Crippen molar-refractivity contribution >= 4 is 17.3 Å². The van der Waals surface area contributed by atoms with Crippen molar-refractivity contribution in [3.05, 3.63) is 60.7 Å². The second-order valence-corrected chi connectivity index (χ2v) is 7.27. The van der Waals surface area contributed by atoms with Crippen LogP contribution in [0.4, 0.5) is 11.4 Å². The Kier molecular flexibility index (Phi) is 6.81. The van der Waals surface area contributed by atoms with E-state index in [4.69, 9.17) is 0 Å². The number of carbonyl (C=O) groups is 1. The molecule has 4 nitrogen and oxygen atoms in total. The van der Waals surface area contributed by atoms with Crippen LogP contribution < -0.4 is 10.6 Å². The molecule has 0 bridgehead atoms. The molecule has 0 radical (unpaired) electrons. The molecule has 0 aliphatic carbocycles. The van der Waals surface area contributed by atoms with Crippen molar-refractivity contribution < 1.29 is 9.90 Å². The van der Waals surface area contributed by atoms with Crippen LogP contribution in [-0.2, 0) is 4.79 Å². The predicted octanol–water partition coefficient (Wildman–Crippen LogP) is 5.42. The highest BCUT2D eigenvalue weighted by molar-refractivity contribution is 5.95. The maximum absolute atomic E-state index is 12.5. The van der Waals surface area contributed by atoms with Gasteiger partial charge in [0.1, 0.15) is 6.23 Å². The molecular formula is C23H30N2O2. The minimum atomic E-state index is -0.754. The first-order chi connectivity index (χ1) is 12.8. The molecule has 1 atom stereocenters. The molecule has 3 N–H and O–H groups in total. The van der Waals surface area contributed by atoms with Crippen LogP contribution >= 0.6 is 0 Å². The van der Waals surface area contributed by atoms with E-state index in [-0.39, 0.29) is 11.3 Å². The van der Waals surface area contributed by atoms with Gasteiger partial charge in [0.25, 0.3) is 0 Å². The number of anilines is 2. The maximum atomic E-state index is 12.5. The van der Waals surface area contributed by atoms with Crippen molar-refractivity contribution in [3.8, 4) is 11.1 Å². The second-order valence-electron chi connectivity index (χ2n) is 7.27. The van der Waals surface area contributed by atoms with E-state index in [0.717, 1.165) is 35.3 Å². The molecule has 2 aromatic carbocycles. The van der Waals surface area contributed by atoms with Crippen molar-refractivity contribution in [2.24, 2.45) is 5.41 Å². The number of nitrogens with one attached hydrogen (secondary N) is 2. The molecule has 0 fully saturated rings. The third kappa shape index (κ3) is 5.20. The standard InChI is InChI=1S/C23H30N2O2/c1-6-23(5,7-2)22(27)25-20-14-10-18(11-15-20)17-8-12-19(13-9-17)24-21(26)16(3)4/h8-15,21,24,26H,3,6-7H2,1-2,4-5H3,(H,25,27). The fourth-order valence-electron chi connectivity index (χ4n) is 2.64. The number of benzene rings is 2. The van der Waals surface area contributed by atoms with Crippen LogP contribution in [0.5, 0.6) is 0 Å². The molecular weight excluding hydrogens is 336 g/mol. The van der Waals surface area contributed by atoms with Crippen LogP contribution in [0.15, 0.2) is 60.7 Å². The van der Waals surface area contributed by atoms with Crippen molar-refractivity contribution in [3.63, 3.8) is 0 Å². The van der Waals surface area contributed by atoms with E-state index in [1.165, 1.54) is 0 Å². The molecule has 2 rings (SSSR count). The first kappa shape index (κ1) is 20.7. The first-order valence-corrected chi connectivity index (χ1v) is 9.41. The Morgan fingerprint density at radius 3 is 1.85 bits per heavy atom. The summed E-state index contributed by atoms with van der Waals surface area (Å²) in [5.41, 5.74) is 4.09. The summed E-state index contributed by atoms with van der Waals surface area (Å²) >= 11 is 0. The van der Waals surface area contributed by atoms with Gasteiger partial charge < -0.3 is 15.7 Å². The van der Waals surface area contributed by atoms with Crippen LogP contribution in [0, 0.1) is 5.41 Å². The fourth-order valence-corrected chi connectivity index (χ4v) is 2.64. The summed E-state index contributed by atoms with van der Waals surface area (Å²) in [6, 6.07) is 15.7. The predicted molar refractivity (Wildman–Crippen MR) is 114 cm³/mol. The zero-order valence-corrected chi connectivity index (χ0v) is 16.7. The van der Waals surface area contributed by atoms with E-state index in [2.05, 4.69) is 17.2 Å². The molecule has 0 heterocycles. The van der Waals surface area contributed by atoms with E-state index in [9.17, 15) is 9.90 Å². The lowest BCUT2D eigenvalue weighted by Gasteiger charge is -2.25. The van der Waals surface area contributed by atoms with E-state index in [1.807, 2.05) is 69.3 Å². The van der Waals surface area contributed by atoms with Crippen LogP contribution in [0.25, 0.3) is 11.1 Å². The van der Waals surface area contributed by atoms with E-state index < -0.39 is 6.23 Å². The Morgan fingerprint density at radius 2 is 1.44 bits per heavy atom. The number of amides is 1. The van der Waals surface area contributed by atoms with Gasteiger partial charge >= 0.3 is 0 Å². The molecule has 0 aromatic heterocycles. The number of aliphatic hydroxyl groups excluding tert-OH is 1. The summed E-state index contributed by atoms with van der Waals surface area (Å²) in [6.45, 7) is 11.6. The lowest BCUT2D eigenvalue weighted by molar-refractivity contribution is -0.125. The zero-order valence-electron chi connectivity index (χ0n) is 16.7. The third-order valence-corrected chi connectivity index (χ3v) is 5.24. The maximum Gasteiger partial charge on any atom is 0.230 e. The van der Waals surface area contributed by atoms with Gasteiger partial charge in [-0.25, -0.2) is 0 Å². The van der Waals surface area contributed by atoms with Crippen LogP contribution in [-0.4, -0.2) is 17.2 Å². The summed E-state index contributed by atoms with van der Waals surface area (Å²) in [7, 11) is 0. The van der Waals surface area contributed by atoms with Gasteiger partial charge in [0, 0.05) is 16.8 Å². The van der Waals surface area contributed by atoms with Crippen LogP contribution in [0.2, 0.25) is 0 Å². The summed E-state index contributed by atoms with van der Waals surface area (Å²) in [4.78, 5) is 12.5. The van der Waals surface area contributed by atoms with Gasteiger partial charge in [-0.3, -0.25) is 4.79 Å². The molecule has 0 aliphatic rings. The summed E-state index contributed by atoms with van der Waals surface area (Å²) in [5.74, 6) is 0.0618. The third-order valence-electron chi connectivity index (χ3n) is 5.24. The zero-order chi connectivity index (χ0) is 20.0. The smallest absolute Gasteiger partial charge is 0.230 e. The summed E-state index contributed by atoms with van der Waals surface area (Å²) in [6.07, 6.45) is 0.873.